The molecule has 0 aromatic heterocycles. The molecule has 1 fully saturated rings. The number of alkyl halides is 3. The number of halogens is 3. The Morgan fingerprint density at radius 3 is 2.55 bits per heavy atom. The summed E-state index contributed by atoms with van der Waals surface area (Å²) in [4.78, 5) is 13.5. The Labute approximate surface area is 178 Å². The van der Waals surface area contributed by atoms with E-state index < -0.39 is 33.8 Å². The number of benzene rings is 2. The van der Waals surface area contributed by atoms with Crippen molar-refractivity contribution >= 4 is 15.9 Å². The Morgan fingerprint density at radius 2 is 1.90 bits per heavy atom. The van der Waals surface area contributed by atoms with Gasteiger partial charge in [-0.15, -0.1) is 0 Å². The van der Waals surface area contributed by atoms with E-state index in [2.05, 4.69) is 6.58 Å². The molecular weight excluding hydrogens is 433 g/mol. The molecule has 0 radical (unpaired) electrons. The molecule has 1 heterocycles. The highest BCUT2D eigenvalue weighted by molar-refractivity contribution is 7.89. The Morgan fingerprint density at radius 1 is 1.19 bits per heavy atom. The third kappa shape index (κ3) is 5.52. The molecule has 10 heteroatoms. The largest absolute Gasteiger partial charge is 0.416 e. The van der Waals surface area contributed by atoms with Gasteiger partial charge in [0.05, 0.1) is 23.2 Å². The Balaban J connectivity index is 1.84. The minimum atomic E-state index is -4.47. The van der Waals surface area contributed by atoms with Gasteiger partial charge in [0.1, 0.15) is 0 Å². The first-order valence-electron chi connectivity index (χ1n) is 9.31. The molecule has 0 aliphatic carbocycles. The second-order valence-electron chi connectivity index (χ2n) is 7.22. The fourth-order valence-corrected chi connectivity index (χ4v) is 4.10. The number of likely N-dealkylation sites (tertiary alicyclic amines) is 1. The van der Waals surface area contributed by atoms with Crippen LogP contribution < -0.4 is 5.14 Å². The molecule has 1 aliphatic rings. The molecule has 31 heavy (non-hydrogen) atoms. The molecule has 0 spiro atoms. The predicted molar refractivity (Wildman–Crippen MR) is 107 cm³/mol. The van der Waals surface area contributed by atoms with E-state index in [4.69, 9.17) is 9.88 Å². The normalized spacial score (nSPS) is 19.4. The number of hydrogen-bond acceptors (Lipinski definition) is 4. The third-order valence-corrected chi connectivity index (χ3v) is 6.00. The van der Waals surface area contributed by atoms with Crippen molar-refractivity contribution in [3.63, 3.8) is 0 Å². The highest BCUT2D eigenvalue weighted by Gasteiger charge is 2.37. The van der Waals surface area contributed by atoms with Crippen LogP contribution >= 0.6 is 0 Å². The van der Waals surface area contributed by atoms with Crippen LogP contribution in [0.1, 0.15) is 22.6 Å². The van der Waals surface area contributed by atoms with Crippen LogP contribution in [-0.2, 0) is 32.3 Å². The number of ether oxygens (including phenoxy) is 1. The summed E-state index contributed by atoms with van der Waals surface area (Å²) < 4.78 is 68.2. The highest BCUT2D eigenvalue weighted by Crippen LogP contribution is 2.33. The van der Waals surface area contributed by atoms with Gasteiger partial charge >= 0.3 is 6.18 Å². The van der Waals surface area contributed by atoms with Gasteiger partial charge in [0, 0.05) is 19.0 Å². The van der Waals surface area contributed by atoms with Crippen molar-refractivity contribution < 1.29 is 31.1 Å². The first kappa shape index (κ1) is 23.0. The smallest absolute Gasteiger partial charge is 0.371 e. The molecule has 3 rings (SSSR count). The zero-order chi connectivity index (χ0) is 22.8. The van der Waals surface area contributed by atoms with E-state index >= 15 is 0 Å². The van der Waals surface area contributed by atoms with Crippen molar-refractivity contribution in [1.29, 1.82) is 0 Å². The maximum atomic E-state index is 13.0. The first-order valence-corrected chi connectivity index (χ1v) is 10.9. The number of sulfonamides is 1. The number of hydrogen-bond donors (Lipinski definition) is 1. The van der Waals surface area contributed by atoms with Crippen molar-refractivity contribution in [2.75, 3.05) is 13.1 Å². The molecule has 2 aromatic carbocycles. The maximum absolute atomic E-state index is 13.0. The summed E-state index contributed by atoms with van der Waals surface area (Å²) in [5.74, 6) is -0.714. The van der Waals surface area contributed by atoms with Gasteiger partial charge in [-0.2, -0.15) is 13.2 Å². The average Bonchev–Trinajstić information content (AvgIpc) is 3.15. The number of carbonyl (C=O) groups is 1. The molecule has 2 N–H and O–H groups in total. The molecular formula is C21H21F3N2O4S. The van der Waals surface area contributed by atoms with Crippen molar-refractivity contribution in [2.45, 2.75) is 29.7 Å². The van der Waals surface area contributed by atoms with Gasteiger partial charge in [-0.25, -0.2) is 13.6 Å². The van der Waals surface area contributed by atoms with Gasteiger partial charge in [0.15, 0.2) is 0 Å². The van der Waals surface area contributed by atoms with E-state index in [0.717, 1.165) is 18.2 Å². The van der Waals surface area contributed by atoms with Crippen molar-refractivity contribution in [2.24, 2.45) is 5.14 Å². The SMILES string of the molecule is C=CC(=O)N1C[C@@H](OCc2cccc(C(F)(F)F)c2)[C@H](c2cccc(S(N)(=O)=O)c2)C1. The van der Waals surface area contributed by atoms with Crippen molar-refractivity contribution in [1.82, 2.24) is 4.90 Å². The summed E-state index contributed by atoms with van der Waals surface area (Å²) in [6.45, 7) is 3.80. The standard InChI is InChI=1S/C21H21F3N2O4S/c1-2-20(27)26-11-18(15-6-4-8-17(10-15)31(25,28)29)19(12-26)30-13-14-5-3-7-16(9-14)21(22,23)24/h2-10,18-19H,1,11-13H2,(H2,25,28,29)/t18-,19+/m0/s1. The minimum absolute atomic E-state index is 0.0740. The van der Waals surface area contributed by atoms with Gasteiger partial charge in [-0.3, -0.25) is 4.79 Å². The summed E-state index contributed by atoms with van der Waals surface area (Å²) >= 11 is 0. The number of nitrogens with zero attached hydrogens (tertiary/aromatic N) is 1. The van der Waals surface area contributed by atoms with Crippen LogP contribution in [0.4, 0.5) is 13.2 Å². The monoisotopic (exact) mass is 454 g/mol. The minimum Gasteiger partial charge on any atom is -0.371 e. The molecule has 1 amide bonds. The summed E-state index contributed by atoms with van der Waals surface area (Å²) in [7, 11) is -3.92. The fraction of sp³-hybridized carbons (Fsp3) is 0.286. The molecule has 2 atom stereocenters. The highest BCUT2D eigenvalue weighted by atomic mass is 32.2. The molecule has 0 unspecified atom stereocenters. The number of nitrogens with two attached hydrogens (primary N) is 1. The third-order valence-electron chi connectivity index (χ3n) is 5.09. The van der Waals surface area contributed by atoms with Gasteiger partial charge in [-0.1, -0.05) is 30.8 Å². The van der Waals surface area contributed by atoms with Crippen LogP contribution in [0.5, 0.6) is 0 Å². The van der Waals surface area contributed by atoms with E-state index in [9.17, 15) is 26.4 Å². The topological polar surface area (TPSA) is 89.7 Å². The fourth-order valence-electron chi connectivity index (χ4n) is 3.53. The van der Waals surface area contributed by atoms with E-state index in [0.29, 0.717) is 11.1 Å². The second kappa shape index (κ2) is 8.81. The van der Waals surface area contributed by atoms with Crippen molar-refractivity contribution in [3.8, 4) is 0 Å². The lowest BCUT2D eigenvalue weighted by Gasteiger charge is -2.20. The quantitative estimate of drug-likeness (QED) is 0.680. The van der Waals surface area contributed by atoms with E-state index in [1.54, 1.807) is 6.07 Å². The molecule has 6 nitrogen and oxygen atoms in total. The van der Waals surface area contributed by atoms with E-state index in [1.807, 2.05) is 0 Å². The Bertz CT molecular complexity index is 1090. The molecule has 0 bridgehead atoms. The predicted octanol–water partition coefficient (Wildman–Crippen LogP) is 3.05. The maximum Gasteiger partial charge on any atom is 0.416 e. The van der Waals surface area contributed by atoms with E-state index in [-0.39, 0.29) is 30.5 Å². The summed E-state index contributed by atoms with van der Waals surface area (Å²) in [6.07, 6.45) is -3.87. The Kier molecular flexibility index (Phi) is 6.54. The van der Waals surface area contributed by atoms with Crippen LogP contribution in [0, 0.1) is 0 Å². The summed E-state index contributed by atoms with van der Waals surface area (Å²) in [5, 5.41) is 5.21. The van der Waals surface area contributed by atoms with Crippen LogP contribution in [0.25, 0.3) is 0 Å². The van der Waals surface area contributed by atoms with Gasteiger partial charge in [0.2, 0.25) is 15.9 Å². The number of amides is 1. The lowest BCUT2D eigenvalue weighted by molar-refractivity contribution is -0.137. The number of rotatable bonds is 6. The molecule has 0 saturated carbocycles. The second-order valence-corrected chi connectivity index (χ2v) is 8.78. The first-order chi connectivity index (χ1) is 14.5. The van der Waals surface area contributed by atoms with Crippen LogP contribution in [0.15, 0.2) is 66.1 Å². The molecule has 1 aliphatic heterocycles. The number of primary sulfonamides is 1. The summed E-state index contributed by atoms with van der Waals surface area (Å²) in [5.41, 5.74) is 0.154. The molecule has 166 valence electrons. The van der Waals surface area contributed by atoms with Gasteiger partial charge < -0.3 is 9.64 Å². The average molecular weight is 454 g/mol. The van der Waals surface area contributed by atoms with Crippen molar-refractivity contribution in [3.05, 3.63) is 77.9 Å². The van der Waals surface area contributed by atoms with Gasteiger partial charge in [-0.05, 0) is 41.5 Å². The zero-order valence-corrected chi connectivity index (χ0v) is 17.2. The Hall–Kier alpha value is -2.69. The molecule has 1 saturated heterocycles. The lowest BCUT2D eigenvalue weighted by atomic mass is 9.96. The number of carbonyl (C=O) groups excluding carboxylic acids is 1. The zero-order valence-electron chi connectivity index (χ0n) is 16.4. The van der Waals surface area contributed by atoms with Crippen LogP contribution in [-0.4, -0.2) is 38.4 Å². The summed E-state index contributed by atoms with van der Waals surface area (Å²) in [6, 6.07) is 10.8. The van der Waals surface area contributed by atoms with E-state index in [1.165, 1.54) is 35.2 Å². The van der Waals surface area contributed by atoms with Crippen LogP contribution in [0.2, 0.25) is 0 Å². The van der Waals surface area contributed by atoms with Gasteiger partial charge in [0.25, 0.3) is 0 Å². The molecule has 2 aromatic rings. The lowest BCUT2D eigenvalue weighted by Crippen LogP contribution is -2.28. The van der Waals surface area contributed by atoms with Crippen LogP contribution in [0.3, 0.4) is 0 Å².